The molecule has 16 heavy (non-hydrogen) atoms. The maximum absolute atomic E-state index is 10.1. The Morgan fingerprint density at radius 1 is 1.25 bits per heavy atom. The molecule has 0 aliphatic heterocycles. The Morgan fingerprint density at radius 2 is 1.88 bits per heavy atom. The second kappa shape index (κ2) is 5.50. The third-order valence-electron chi connectivity index (χ3n) is 4.15. The Kier molecular flexibility index (Phi) is 4.81. The van der Waals surface area contributed by atoms with E-state index in [0.29, 0.717) is 11.5 Å². The van der Waals surface area contributed by atoms with Gasteiger partial charge in [-0.2, -0.15) is 0 Å². The molecule has 0 aromatic carbocycles. The van der Waals surface area contributed by atoms with Crippen molar-refractivity contribution in [2.75, 3.05) is 13.6 Å². The van der Waals surface area contributed by atoms with Crippen LogP contribution >= 0.6 is 0 Å². The van der Waals surface area contributed by atoms with Gasteiger partial charge >= 0.3 is 0 Å². The lowest BCUT2D eigenvalue weighted by molar-refractivity contribution is -0.00742. The molecule has 0 radical (unpaired) electrons. The molecule has 0 aromatic rings. The molecule has 1 saturated carbocycles. The molecule has 2 heteroatoms. The first-order chi connectivity index (χ1) is 7.36. The zero-order chi connectivity index (χ0) is 12.3. The van der Waals surface area contributed by atoms with E-state index < -0.39 is 0 Å². The third kappa shape index (κ3) is 3.46. The molecule has 1 rings (SSSR count). The summed E-state index contributed by atoms with van der Waals surface area (Å²) in [7, 11) is 2.16. The van der Waals surface area contributed by atoms with Crippen molar-refractivity contribution in [3.8, 4) is 0 Å². The molecule has 2 nitrogen and oxygen atoms in total. The number of aliphatic hydroxyl groups is 1. The van der Waals surface area contributed by atoms with Gasteiger partial charge in [0.25, 0.3) is 0 Å². The second-order valence-corrected chi connectivity index (χ2v) is 6.49. The van der Waals surface area contributed by atoms with Gasteiger partial charge in [0, 0.05) is 6.04 Å². The van der Waals surface area contributed by atoms with Gasteiger partial charge in [-0.1, -0.05) is 27.7 Å². The van der Waals surface area contributed by atoms with E-state index >= 15 is 0 Å². The van der Waals surface area contributed by atoms with E-state index in [0.717, 1.165) is 25.3 Å². The van der Waals surface area contributed by atoms with E-state index in [9.17, 15) is 5.11 Å². The summed E-state index contributed by atoms with van der Waals surface area (Å²) < 4.78 is 0. The number of likely N-dealkylation sites (N-methyl/N-ethyl adjacent to an activating group) is 1. The van der Waals surface area contributed by atoms with Gasteiger partial charge in [-0.25, -0.2) is 0 Å². The van der Waals surface area contributed by atoms with Crippen LogP contribution in [0.15, 0.2) is 0 Å². The summed E-state index contributed by atoms with van der Waals surface area (Å²) in [6.07, 6.45) is 4.36. The molecule has 3 unspecified atom stereocenters. The Bertz CT molecular complexity index is 209. The molecular weight excluding hydrogens is 198 g/mol. The summed E-state index contributed by atoms with van der Waals surface area (Å²) in [5.41, 5.74) is 0.380. The number of nitrogens with zero attached hydrogens (tertiary/aromatic N) is 1. The Labute approximate surface area is 101 Å². The fourth-order valence-corrected chi connectivity index (χ4v) is 2.91. The molecule has 1 aliphatic rings. The van der Waals surface area contributed by atoms with Gasteiger partial charge in [0.15, 0.2) is 0 Å². The molecule has 1 aliphatic carbocycles. The topological polar surface area (TPSA) is 23.5 Å². The molecule has 96 valence electrons. The van der Waals surface area contributed by atoms with Gasteiger partial charge < -0.3 is 10.0 Å². The zero-order valence-electron chi connectivity index (χ0n) is 11.7. The van der Waals surface area contributed by atoms with Crippen LogP contribution < -0.4 is 0 Å². The lowest BCUT2D eigenvalue weighted by atomic mass is 9.70. The summed E-state index contributed by atoms with van der Waals surface area (Å²) in [5.74, 6) is 0.750. The van der Waals surface area contributed by atoms with Crippen molar-refractivity contribution in [3.63, 3.8) is 0 Å². The van der Waals surface area contributed by atoms with Gasteiger partial charge in [0.2, 0.25) is 0 Å². The first kappa shape index (κ1) is 14.0. The van der Waals surface area contributed by atoms with Crippen molar-refractivity contribution in [1.82, 2.24) is 4.90 Å². The summed E-state index contributed by atoms with van der Waals surface area (Å²) >= 11 is 0. The van der Waals surface area contributed by atoms with Gasteiger partial charge in [-0.3, -0.25) is 0 Å². The minimum Gasteiger partial charge on any atom is -0.391 e. The molecule has 0 amide bonds. The van der Waals surface area contributed by atoms with Gasteiger partial charge in [0.05, 0.1) is 6.10 Å². The van der Waals surface area contributed by atoms with Gasteiger partial charge in [0.1, 0.15) is 0 Å². The van der Waals surface area contributed by atoms with Crippen LogP contribution in [0.25, 0.3) is 0 Å². The van der Waals surface area contributed by atoms with Crippen molar-refractivity contribution in [2.24, 2.45) is 11.3 Å². The highest BCUT2D eigenvalue weighted by atomic mass is 16.3. The number of aliphatic hydroxyl groups excluding tert-OH is 1. The largest absolute Gasteiger partial charge is 0.391 e. The average molecular weight is 227 g/mol. The van der Waals surface area contributed by atoms with E-state index in [2.05, 4.69) is 39.6 Å². The maximum Gasteiger partial charge on any atom is 0.0695 e. The van der Waals surface area contributed by atoms with E-state index in [1.165, 1.54) is 12.8 Å². The van der Waals surface area contributed by atoms with Crippen molar-refractivity contribution in [2.45, 2.75) is 65.5 Å². The van der Waals surface area contributed by atoms with E-state index in [-0.39, 0.29) is 6.10 Å². The van der Waals surface area contributed by atoms with Crippen LogP contribution in [0.4, 0.5) is 0 Å². The van der Waals surface area contributed by atoms with Crippen LogP contribution in [0.1, 0.15) is 53.4 Å². The highest BCUT2D eigenvalue weighted by Crippen LogP contribution is 2.39. The van der Waals surface area contributed by atoms with Crippen LogP contribution in [0, 0.1) is 11.3 Å². The van der Waals surface area contributed by atoms with Gasteiger partial charge in [-0.05, 0) is 50.6 Å². The summed E-state index contributed by atoms with van der Waals surface area (Å²) in [4.78, 5) is 2.35. The average Bonchev–Trinajstić information content (AvgIpc) is 2.16. The van der Waals surface area contributed by atoms with E-state index in [4.69, 9.17) is 0 Å². The van der Waals surface area contributed by atoms with E-state index in [1.807, 2.05) is 0 Å². The molecule has 1 fully saturated rings. The fraction of sp³-hybridized carbons (Fsp3) is 1.00. The van der Waals surface area contributed by atoms with Crippen LogP contribution in [0.2, 0.25) is 0 Å². The minimum atomic E-state index is -0.116. The fourth-order valence-electron chi connectivity index (χ4n) is 2.91. The molecule has 1 N–H and O–H groups in total. The lowest BCUT2D eigenvalue weighted by Crippen LogP contribution is -2.47. The quantitative estimate of drug-likeness (QED) is 0.801. The normalized spacial score (nSPS) is 32.1. The van der Waals surface area contributed by atoms with Crippen molar-refractivity contribution < 1.29 is 5.11 Å². The predicted octanol–water partition coefficient (Wildman–Crippen LogP) is 2.90. The molecule has 0 aromatic heterocycles. The first-order valence-electron chi connectivity index (χ1n) is 6.74. The molecule has 0 spiro atoms. The van der Waals surface area contributed by atoms with E-state index in [1.54, 1.807) is 0 Å². The highest BCUT2D eigenvalue weighted by molar-refractivity contribution is 4.89. The Morgan fingerprint density at radius 3 is 2.38 bits per heavy atom. The summed E-state index contributed by atoms with van der Waals surface area (Å²) in [6.45, 7) is 10.3. The predicted molar refractivity (Wildman–Crippen MR) is 69.5 cm³/mol. The van der Waals surface area contributed by atoms with Crippen LogP contribution in [-0.4, -0.2) is 35.7 Å². The van der Waals surface area contributed by atoms with Crippen molar-refractivity contribution in [1.29, 1.82) is 0 Å². The van der Waals surface area contributed by atoms with Gasteiger partial charge in [-0.15, -0.1) is 0 Å². The first-order valence-corrected chi connectivity index (χ1v) is 6.74. The second-order valence-electron chi connectivity index (χ2n) is 6.49. The van der Waals surface area contributed by atoms with Crippen LogP contribution in [0.5, 0.6) is 0 Å². The van der Waals surface area contributed by atoms with Crippen LogP contribution in [0.3, 0.4) is 0 Å². The molecule has 3 atom stereocenters. The molecular formula is C14H29NO. The van der Waals surface area contributed by atoms with Crippen molar-refractivity contribution >= 4 is 0 Å². The lowest BCUT2D eigenvalue weighted by Gasteiger charge is -2.43. The summed E-state index contributed by atoms with van der Waals surface area (Å²) in [6, 6.07) is 0.373. The minimum absolute atomic E-state index is 0.116. The molecule has 0 bridgehead atoms. The third-order valence-corrected chi connectivity index (χ3v) is 4.15. The number of hydrogen-bond donors (Lipinski definition) is 1. The molecule has 0 heterocycles. The highest BCUT2D eigenvalue weighted by Gasteiger charge is 2.36. The monoisotopic (exact) mass is 227 g/mol. The Hall–Kier alpha value is -0.0800. The Balaban J connectivity index is 2.61. The molecule has 0 saturated heterocycles. The van der Waals surface area contributed by atoms with Crippen LogP contribution in [-0.2, 0) is 0 Å². The standard InChI is InChI=1S/C14H29NO/c1-6-9-15(5)12-10-11(14(2,3)4)7-8-13(12)16/h11-13,16H,6-10H2,1-5H3. The SMILES string of the molecule is CCCN(C)C1CC(C(C)(C)C)CCC1O. The smallest absolute Gasteiger partial charge is 0.0695 e. The summed E-state index contributed by atoms with van der Waals surface area (Å²) in [5, 5.41) is 10.1. The van der Waals surface area contributed by atoms with Crippen molar-refractivity contribution in [3.05, 3.63) is 0 Å². The maximum atomic E-state index is 10.1. The number of rotatable bonds is 3. The number of hydrogen-bond acceptors (Lipinski definition) is 2. The zero-order valence-corrected chi connectivity index (χ0v) is 11.7.